The topological polar surface area (TPSA) is 53.3 Å². The molecule has 0 spiro atoms. The number of ether oxygens (including phenoxy) is 2. The van der Waals surface area contributed by atoms with E-state index >= 15 is 0 Å². The lowest BCUT2D eigenvalue weighted by molar-refractivity contribution is 0.0518. The number of nitrogens with zero attached hydrogens (tertiary/aromatic N) is 2. The molecular formula is C25H28BrClN2O3. The Kier molecular flexibility index (Phi) is 8.01. The lowest BCUT2D eigenvalue weighted by Gasteiger charge is -2.24. The average Bonchev–Trinajstić information content (AvgIpc) is 3.10. The first-order valence-electron chi connectivity index (χ1n) is 10.6. The molecule has 3 rings (SSSR count). The monoisotopic (exact) mass is 518 g/mol. The number of hydrogen-bond acceptors (Lipinski definition) is 4. The Morgan fingerprint density at radius 3 is 2.47 bits per heavy atom. The van der Waals surface area contributed by atoms with Crippen molar-refractivity contribution < 1.29 is 14.3 Å². The molecule has 0 bridgehead atoms. The van der Waals surface area contributed by atoms with Gasteiger partial charge in [-0.15, -0.1) is 0 Å². The van der Waals surface area contributed by atoms with Crippen LogP contribution in [-0.4, -0.2) is 29.2 Å². The second-order valence-electron chi connectivity index (χ2n) is 7.92. The SMILES string of the molecule is CCOC(=O)c1nc(Br)n(C(C)C)c1C(Cc1cc(C)ccc1OC)c1ccc(Cl)cc1. The molecule has 0 aliphatic carbocycles. The first kappa shape index (κ1) is 24.3. The fourth-order valence-corrected chi connectivity index (χ4v) is 4.85. The van der Waals surface area contributed by atoms with Gasteiger partial charge in [-0.1, -0.05) is 41.4 Å². The Labute approximate surface area is 202 Å². The summed E-state index contributed by atoms with van der Waals surface area (Å²) in [5.41, 5.74) is 4.34. The molecule has 170 valence electrons. The molecule has 0 aliphatic rings. The first-order valence-corrected chi connectivity index (χ1v) is 11.8. The standard InChI is InChI=1S/C25H28BrClN2O3/c1-6-32-24(30)22-23(29(15(2)3)25(26)28-22)20(17-8-10-19(27)11-9-17)14-18-13-16(4)7-12-21(18)31-5/h7-13,15,20H,6,14H2,1-5H3. The summed E-state index contributed by atoms with van der Waals surface area (Å²) >= 11 is 9.74. The molecule has 0 saturated heterocycles. The normalized spacial score (nSPS) is 12.1. The molecule has 0 amide bonds. The van der Waals surface area contributed by atoms with Crippen molar-refractivity contribution in [1.29, 1.82) is 0 Å². The molecule has 2 aromatic carbocycles. The van der Waals surface area contributed by atoms with Crippen molar-refractivity contribution in [2.24, 2.45) is 0 Å². The van der Waals surface area contributed by atoms with E-state index in [0.29, 0.717) is 21.9 Å². The van der Waals surface area contributed by atoms with Gasteiger partial charge in [-0.2, -0.15) is 0 Å². The molecular weight excluding hydrogens is 492 g/mol. The lowest BCUT2D eigenvalue weighted by atomic mass is 9.87. The minimum absolute atomic E-state index is 0.0734. The van der Waals surface area contributed by atoms with Gasteiger partial charge in [-0.3, -0.25) is 0 Å². The van der Waals surface area contributed by atoms with Gasteiger partial charge in [0.2, 0.25) is 0 Å². The maximum atomic E-state index is 12.9. The Morgan fingerprint density at radius 2 is 1.88 bits per heavy atom. The number of halogens is 2. The molecule has 1 heterocycles. The summed E-state index contributed by atoms with van der Waals surface area (Å²) < 4.78 is 13.6. The maximum Gasteiger partial charge on any atom is 0.358 e. The Hall–Kier alpha value is -2.31. The molecule has 5 nitrogen and oxygen atoms in total. The van der Waals surface area contributed by atoms with Crippen molar-refractivity contribution in [2.75, 3.05) is 13.7 Å². The van der Waals surface area contributed by atoms with Gasteiger partial charge in [0.15, 0.2) is 10.4 Å². The Bertz CT molecular complexity index is 1090. The van der Waals surface area contributed by atoms with Crippen LogP contribution in [0.15, 0.2) is 47.2 Å². The first-order chi connectivity index (χ1) is 15.3. The van der Waals surface area contributed by atoms with Gasteiger partial charge in [-0.25, -0.2) is 9.78 Å². The molecule has 3 aromatic rings. The third-order valence-electron chi connectivity index (χ3n) is 5.35. The molecule has 1 unspecified atom stereocenters. The van der Waals surface area contributed by atoms with Gasteiger partial charge in [0.25, 0.3) is 0 Å². The average molecular weight is 520 g/mol. The summed E-state index contributed by atoms with van der Waals surface area (Å²) in [5, 5.41) is 0.657. The maximum absolute atomic E-state index is 12.9. The number of hydrogen-bond donors (Lipinski definition) is 0. The van der Waals surface area contributed by atoms with Crippen molar-refractivity contribution in [3.8, 4) is 5.75 Å². The largest absolute Gasteiger partial charge is 0.496 e. The van der Waals surface area contributed by atoms with E-state index in [9.17, 15) is 4.79 Å². The number of benzene rings is 2. The van der Waals surface area contributed by atoms with E-state index < -0.39 is 5.97 Å². The Morgan fingerprint density at radius 1 is 1.19 bits per heavy atom. The highest BCUT2D eigenvalue weighted by Crippen LogP contribution is 2.37. The van der Waals surface area contributed by atoms with Crippen LogP contribution in [-0.2, 0) is 11.2 Å². The van der Waals surface area contributed by atoms with Crippen molar-refractivity contribution in [3.63, 3.8) is 0 Å². The van der Waals surface area contributed by atoms with Crippen LogP contribution in [0, 0.1) is 6.92 Å². The lowest BCUT2D eigenvalue weighted by Crippen LogP contribution is -2.18. The van der Waals surface area contributed by atoms with E-state index in [1.165, 1.54) is 0 Å². The smallest absolute Gasteiger partial charge is 0.358 e. The van der Waals surface area contributed by atoms with E-state index in [4.69, 9.17) is 21.1 Å². The van der Waals surface area contributed by atoms with Crippen molar-refractivity contribution in [3.05, 3.63) is 80.3 Å². The van der Waals surface area contributed by atoms with Gasteiger partial charge in [-0.05, 0) is 79.4 Å². The molecule has 0 N–H and O–H groups in total. The van der Waals surface area contributed by atoms with E-state index in [1.54, 1.807) is 14.0 Å². The van der Waals surface area contributed by atoms with Gasteiger partial charge >= 0.3 is 5.97 Å². The highest BCUT2D eigenvalue weighted by atomic mass is 79.9. The zero-order chi connectivity index (χ0) is 23.4. The molecule has 0 aliphatic heterocycles. The number of carbonyl (C=O) groups excluding carboxylic acids is 1. The highest BCUT2D eigenvalue weighted by molar-refractivity contribution is 9.10. The van der Waals surface area contributed by atoms with Crippen LogP contribution in [0.5, 0.6) is 5.75 Å². The minimum Gasteiger partial charge on any atom is -0.496 e. The van der Waals surface area contributed by atoms with Gasteiger partial charge in [0.1, 0.15) is 5.75 Å². The fourth-order valence-electron chi connectivity index (χ4n) is 3.94. The van der Waals surface area contributed by atoms with Crippen molar-refractivity contribution in [1.82, 2.24) is 9.55 Å². The summed E-state index contributed by atoms with van der Waals surface area (Å²) in [7, 11) is 1.67. The number of rotatable bonds is 8. The van der Waals surface area contributed by atoms with E-state index in [-0.39, 0.29) is 18.6 Å². The zero-order valence-corrected chi connectivity index (χ0v) is 21.3. The number of esters is 1. The van der Waals surface area contributed by atoms with Crippen LogP contribution in [0.3, 0.4) is 0 Å². The molecule has 0 fully saturated rings. The predicted molar refractivity (Wildman–Crippen MR) is 131 cm³/mol. The second-order valence-corrected chi connectivity index (χ2v) is 9.07. The van der Waals surface area contributed by atoms with Crippen LogP contribution in [0.1, 0.15) is 65.6 Å². The fraction of sp³-hybridized carbons (Fsp3) is 0.360. The molecule has 32 heavy (non-hydrogen) atoms. The van der Waals surface area contributed by atoms with Crippen LogP contribution in [0.25, 0.3) is 0 Å². The molecule has 0 radical (unpaired) electrons. The van der Waals surface area contributed by atoms with Crippen molar-refractivity contribution in [2.45, 2.75) is 46.1 Å². The van der Waals surface area contributed by atoms with E-state index in [0.717, 1.165) is 28.1 Å². The number of aromatic nitrogens is 2. The van der Waals surface area contributed by atoms with Crippen LogP contribution in [0.2, 0.25) is 5.02 Å². The number of carbonyl (C=O) groups is 1. The molecule has 0 saturated carbocycles. The number of methoxy groups -OCH3 is 1. The van der Waals surface area contributed by atoms with Gasteiger partial charge < -0.3 is 14.0 Å². The van der Waals surface area contributed by atoms with Gasteiger partial charge in [0, 0.05) is 17.0 Å². The van der Waals surface area contributed by atoms with Crippen LogP contribution in [0.4, 0.5) is 0 Å². The summed E-state index contributed by atoms with van der Waals surface area (Å²) in [6.07, 6.45) is 0.615. The summed E-state index contributed by atoms with van der Waals surface area (Å²) in [5.74, 6) is 0.197. The summed E-state index contributed by atoms with van der Waals surface area (Å²) in [6.45, 7) is 8.26. The molecule has 1 aromatic heterocycles. The minimum atomic E-state index is -0.433. The highest BCUT2D eigenvalue weighted by Gasteiger charge is 2.31. The van der Waals surface area contributed by atoms with Crippen LogP contribution >= 0.6 is 27.5 Å². The van der Waals surface area contributed by atoms with Crippen LogP contribution < -0.4 is 4.74 Å². The predicted octanol–water partition coefficient (Wildman–Crippen LogP) is 6.75. The van der Waals surface area contributed by atoms with E-state index in [2.05, 4.69) is 47.8 Å². The number of aryl methyl sites for hydroxylation is 1. The summed E-state index contributed by atoms with van der Waals surface area (Å²) in [6, 6.07) is 13.9. The quantitative estimate of drug-likeness (QED) is 0.309. The molecule has 1 atom stereocenters. The number of imidazole rings is 1. The molecule has 7 heteroatoms. The van der Waals surface area contributed by atoms with Crippen molar-refractivity contribution >= 4 is 33.5 Å². The Balaban J connectivity index is 2.26. The second kappa shape index (κ2) is 10.5. The summed E-state index contributed by atoms with van der Waals surface area (Å²) in [4.78, 5) is 17.5. The van der Waals surface area contributed by atoms with E-state index in [1.807, 2.05) is 41.0 Å². The third kappa shape index (κ3) is 5.18. The third-order valence-corrected chi connectivity index (χ3v) is 6.16. The van der Waals surface area contributed by atoms with Gasteiger partial charge in [0.05, 0.1) is 19.4 Å². The zero-order valence-electron chi connectivity index (χ0n) is 19.0.